The van der Waals surface area contributed by atoms with Gasteiger partial charge in [-0.1, -0.05) is 11.6 Å². The van der Waals surface area contributed by atoms with Crippen molar-refractivity contribution in [2.24, 2.45) is 0 Å². The summed E-state index contributed by atoms with van der Waals surface area (Å²) in [7, 11) is 0. The first-order valence-electron chi connectivity index (χ1n) is 7.15. The van der Waals surface area contributed by atoms with Gasteiger partial charge in [-0.15, -0.1) is 0 Å². The summed E-state index contributed by atoms with van der Waals surface area (Å²) in [5, 5.41) is 10.8. The molecule has 0 aromatic carbocycles. The van der Waals surface area contributed by atoms with Gasteiger partial charge in [-0.05, 0) is 39.0 Å². The molecule has 6 nitrogen and oxygen atoms in total. The molecule has 3 atom stereocenters. The fourth-order valence-electron chi connectivity index (χ4n) is 2.04. The van der Waals surface area contributed by atoms with Gasteiger partial charge in [0.25, 0.3) is 0 Å². The highest BCUT2D eigenvalue weighted by Crippen LogP contribution is 2.11. The molecule has 22 heavy (non-hydrogen) atoms. The molecular formula is C15H20ClN5O. The van der Waals surface area contributed by atoms with Crippen LogP contribution in [-0.4, -0.2) is 32.8 Å². The van der Waals surface area contributed by atoms with E-state index in [0.717, 1.165) is 0 Å². The maximum Gasteiger partial charge on any atom is 0.242 e. The Morgan fingerprint density at radius 2 is 2.09 bits per heavy atom. The van der Waals surface area contributed by atoms with Crippen LogP contribution < -0.4 is 10.6 Å². The summed E-state index contributed by atoms with van der Waals surface area (Å²) in [6.45, 7) is 5.89. The molecule has 0 saturated heterocycles. The van der Waals surface area contributed by atoms with Gasteiger partial charge in [0.1, 0.15) is 5.82 Å². The van der Waals surface area contributed by atoms with Gasteiger partial charge in [0.15, 0.2) is 0 Å². The summed E-state index contributed by atoms with van der Waals surface area (Å²) in [5.41, 5.74) is 0. The number of carbonyl (C=O) groups excluding carboxylic acids is 1. The van der Waals surface area contributed by atoms with Crippen molar-refractivity contribution in [2.75, 3.05) is 5.32 Å². The van der Waals surface area contributed by atoms with Crippen molar-refractivity contribution in [3.8, 4) is 0 Å². The Morgan fingerprint density at radius 3 is 2.68 bits per heavy atom. The van der Waals surface area contributed by atoms with Crippen LogP contribution in [0.1, 0.15) is 26.8 Å². The van der Waals surface area contributed by atoms with E-state index >= 15 is 0 Å². The molecule has 2 heterocycles. The Morgan fingerprint density at radius 1 is 1.32 bits per heavy atom. The summed E-state index contributed by atoms with van der Waals surface area (Å²) in [4.78, 5) is 16.2. The molecule has 0 unspecified atom stereocenters. The van der Waals surface area contributed by atoms with Gasteiger partial charge in [-0.3, -0.25) is 9.48 Å². The molecule has 0 fully saturated rings. The van der Waals surface area contributed by atoms with Crippen LogP contribution in [0.2, 0.25) is 5.02 Å². The molecule has 0 aliphatic rings. The average Bonchev–Trinajstić information content (AvgIpc) is 3.02. The van der Waals surface area contributed by atoms with Gasteiger partial charge in [-0.2, -0.15) is 5.10 Å². The lowest BCUT2D eigenvalue weighted by molar-refractivity contribution is -0.118. The molecule has 1 amide bonds. The zero-order valence-corrected chi connectivity index (χ0v) is 13.6. The monoisotopic (exact) mass is 321 g/mol. The van der Waals surface area contributed by atoms with Crippen LogP contribution in [0.4, 0.5) is 5.82 Å². The minimum atomic E-state index is -0.356. The highest BCUT2D eigenvalue weighted by molar-refractivity contribution is 6.30. The lowest BCUT2D eigenvalue weighted by Crippen LogP contribution is -2.45. The molecule has 0 saturated carbocycles. The number of aromatic nitrogens is 3. The standard InChI is InChI=1S/C15H20ClN5O/c1-10(12(3)21-8-4-7-18-21)19-11(2)15(22)20-14-6-5-13(16)9-17-14/h4-12,19H,1-3H3,(H,17,20,22)/t10-,11+,12-/m1/s1. The third-order valence-electron chi connectivity index (χ3n) is 3.55. The second-order valence-corrected chi connectivity index (χ2v) is 5.69. The number of carbonyl (C=O) groups is 1. The zero-order valence-electron chi connectivity index (χ0n) is 12.8. The molecule has 0 aliphatic heterocycles. The number of halogens is 1. The molecular weight excluding hydrogens is 302 g/mol. The maximum atomic E-state index is 12.2. The lowest BCUT2D eigenvalue weighted by Gasteiger charge is -2.25. The molecule has 2 rings (SSSR count). The van der Waals surface area contributed by atoms with Crippen LogP contribution in [0.15, 0.2) is 36.8 Å². The van der Waals surface area contributed by atoms with Gasteiger partial charge in [0, 0.05) is 24.6 Å². The predicted molar refractivity (Wildman–Crippen MR) is 86.9 cm³/mol. The van der Waals surface area contributed by atoms with Crippen molar-refractivity contribution >= 4 is 23.3 Å². The Balaban J connectivity index is 1.89. The summed E-state index contributed by atoms with van der Waals surface area (Å²) >= 11 is 5.77. The van der Waals surface area contributed by atoms with Crippen LogP contribution in [0.3, 0.4) is 0 Å². The number of pyridine rings is 1. The van der Waals surface area contributed by atoms with Crippen molar-refractivity contribution in [3.05, 3.63) is 41.8 Å². The second-order valence-electron chi connectivity index (χ2n) is 5.25. The predicted octanol–water partition coefficient (Wildman–Crippen LogP) is 2.50. The average molecular weight is 322 g/mol. The van der Waals surface area contributed by atoms with Crippen LogP contribution in [0.25, 0.3) is 0 Å². The minimum Gasteiger partial charge on any atom is -0.309 e. The normalized spacial score (nSPS) is 15.1. The van der Waals surface area contributed by atoms with Crippen LogP contribution in [-0.2, 0) is 4.79 Å². The number of amides is 1. The number of hydrogen-bond donors (Lipinski definition) is 2. The second kappa shape index (κ2) is 7.38. The third kappa shape index (κ3) is 4.29. The quantitative estimate of drug-likeness (QED) is 0.857. The lowest BCUT2D eigenvalue weighted by atomic mass is 10.1. The largest absolute Gasteiger partial charge is 0.309 e. The molecule has 0 bridgehead atoms. The van der Waals surface area contributed by atoms with E-state index in [-0.39, 0.29) is 24.0 Å². The van der Waals surface area contributed by atoms with E-state index in [1.165, 1.54) is 6.20 Å². The topological polar surface area (TPSA) is 71.8 Å². The van der Waals surface area contributed by atoms with Crippen molar-refractivity contribution in [1.29, 1.82) is 0 Å². The van der Waals surface area contributed by atoms with E-state index in [9.17, 15) is 4.79 Å². The molecule has 0 aliphatic carbocycles. The smallest absolute Gasteiger partial charge is 0.242 e. The van der Waals surface area contributed by atoms with Crippen LogP contribution >= 0.6 is 11.6 Å². The number of nitrogens with one attached hydrogen (secondary N) is 2. The van der Waals surface area contributed by atoms with E-state index in [0.29, 0.717) is 10.8 Å². The van der Waals surface area contributed by atoms with Gasteiger partial charge >= 0.3 is 0 Å². The fraction of sp³-hybridized carbons (Fsp3) is 0.400. The number of nitrogens with zero attached hydrogens (tertiary/aromatic N) is 3. The van der Waals surface area contributed by atoms with Crippen molar-refractivity contribution in [1.82, 2.24) is 20.1 Å². The first-order chi connectivity index (χ1) is 10.5. The van der Waals surface area contributed by atoms with E-state index in [2.05, 4.69) is 27.6 Å². The Kier molecular flexibility index (Phi) is 5.51. The molecule has 2 N–H and O–H groups in total. The molecule has 0 spiro atoms. The molecule has 2 aromatic heterocycles. The molecule has 2 aromatic rings. The van der Waals surface area contributed by atoms with Gasteiger partial charge in [0.2, 0.25) is 5.91 Å². The zero-order chi connectivity index (χ0) is 16.1. The fourth-order valence-corrected chi connectivity index (χ4v) is 2.16. The summed E-state index contributed by atoms with van der Waals surface area (Å²) in [6, 6.07) is 5.10. The van der Waals surface area contributed by atoms with Crippen LogP contribution in [0, 0.1) is 0 Å². The number of anilines is 1. The highest BCUT2D eigenvalue weighted by Gasteiger charge is 2.20. The van der Waals surface area contributed by atoms with Gasteiger partial charge < -0.3 is 10.6 Å². The van der Waals surface area contributed by atoms with E-state index < -0.39 is 0 Å². The van der Waals surface area contributed by atoms with Crippen molar-refractivity contribution in [2.45, 2.75) is 38.9 Å². The van der Waals surface area contributed by atoms with E-state index in [1.807, 2.05) is 30.8 Å². The van der Waals surface area contributed by atoms with E-state index in [1.54, 1.807) is 18.3 Å². The van der Waals surface area contributed by atoms with E-state index in [4.69, 9.17) is 11.6 Å². The summed E-state index contributed by atoms with van der Waals surface area (Å²) in [6.07, 6.45) is 5.15. The Bertz CT molecular complexity index is 599. The number of hydrogen-bond acceptors (Lipinski definition) is 4. The Hall–Kier alpha value is -1.92. The minimum absolute atomic E-state index is 0.0822. The molecule has 7 heteroatoms. The SMILES string of the molecule is C[C@H](N[C@H](C)[C@@H](C)n1cccn1)C(=O)Nc1ccc(Cl)cn1. The van der Waals surface area contributed by atoms with Crippen molar-refractivity contribution in [3.63, 3.8) is 0 Å². The van der Waals surface area contributed by atoms with Gasteiger partial charge in [-0.25, -0.2) is 4.98 Å². The van der Waals surface area contributed by atoms with Gasteiger partial charge in [0.05, 0.1) is 17.1 Å². The highest BCUT2D eigenvalue weighted by atomic mass is 35.5. The molecule has 0 radical (unpaired) electrons. The third-order valence-corrected chi connectivity index (χ3v) is 3.77. The summed E-state index contributed by atoms with van der Waals surface area (Å²) in [5.74, 6) is 0.338. The maximum absolute atomic E-state index is 12.2. The number of rotatable bonds is 6. The van der Waals surface area contributed by atoms with Crippen LogP contribution in [0.5, 0.6) is 0 Å². The Labute approximate surface area is 134 Å². The van der Waals surface area contributed by atoms with Crippen molar-refractivity contribution < 1.29 is 4.79 Å². The first kappa shape index (κ1) is 16.5. The first-order valence-corrected chi connectivity index (χ1v) is 7.52. The molecule has 118 valence electrons. The summed E-state index contributed by atoms with van der Waals surface area (Å²) < 4.78 is 1.86.